The number of rotatable bonds is 6. The van der Waals surface area contributed by atoms with Crippen LogP contribution in [0.15, 0.2) is 30.7 Å². The number of nitrogens with zero attached hydrogens (tertiary/aromatic N) is 5. The van der Waals surface area contributed by atoms with E-state index in [9.17, 15) is 18.0 Å². The number of anilines is 1. The maximum absolute atomic E-state index is 13.0. The summed E-state index contributed by atoms with van der Waals surface area (Å²) in [6.45, 7) is 4.47. The van der Waals surface area contributed by atoms with Crippen LogP contribution in [0.25, 0.3) is 11.3 Å². The van der Waals surface area contributed by atoms with Gasteiger partial charge in [0.2, 0.25) is 0 Å². The first-order chi connectivity index (χ1) is 15.6. The van der Waals surface area contributed by atoms with Gasteiger partial charge in [-0.3, -0.25) is 19.4 Å². The van der Waals surface area contributed by atoms with Crippen LogP contribution >= 0.6 is 0 Å². The maximum Gasteiger partial charge on any atom is 0.408 e. The highest BCUT2D eigenvalue weighted by molar-refractivity contribution is 6.10. The molecular formula is C22H22F3N5O3. The van der Waals surface area contributed by atoms with Gasteiger partial charge in [0.25, 0.3) is 11.8 Å². The van der Waals surface area contributed by atoms with Crippen molar-refractivity contribution < 1.29 is 27.4 Å². The summed E-state index contributed by atoms with van der Waals surface area (Å²) < 4.78 is 49.8. The molecule has 1 amide bonds. The van der Waals surface area contributed by atoms with Crippen LogP contribution in [0, 0.1) is 6.92 Å². The van der Waals surface area contributed by atoms with Crippen molar-refractivity contribution in [2.75, 3.05) is 12.0 Å². The lowest BCUT2D eigenvalue weighted by molar-refractivity contribution is -0.142. The molecule has 3 aromatic rings. The summed E-state index contributed by atoms with van der Waals surface area (Å²) in [4.78, 5) is 23.3. The van der Waals surface area contributed by atoms with Gasteiger partial charge >= 0.3 is 6.18 Å². The lowest BCUT2D eigenvalue weighted by atomic mass is 10.0. The highest BCUT2D eigenvalue weighted by Crippen LogP contribution is 2.34. The number of ether oxygens (including phenoxy) is 2. The van der Waals surface area contributed by atoms with E-state index in [0.717, 1.165) is 4.68 Å². The molecular weight excluding hydrogens is 439 g/mol. The fraction of sp³-hybridized carbons (Fsp3) is 0.364. The van der Waals surface area contributed by atoms with Gasteiger partial charge in [-0.1, -0.05) is 0 Å². The average Bonchev–Trinajstić information content (AvgIpc) is 3.30. The normalized spacial score (nSPS) is 13.6. The van der Waals surface area contributed by atoms with E-state index in [4.69, 9.17) is 9.47 Å². The SMILES string of the molecule is COc1ncc(-c2cc(C)c3c(n2)CN(c2cnn(CC(F)(F)F)c2)C3=O)cc1OC(C)C. The molecule has 1 aliphatic heterocycles. The van der Waals surface area contributed by atoms with Gasteiger partial charge in [-0.2, -0.15) is 18.3 Å². The predicted octanol–water partition coefficient (Wildman–Crippen LogP) is 4.17. The Morgan fingerprint density at radius 3 is 2.64 bits per heavy atom. The Hall–Kier alpha value is -3.63. The second-order valence-electron chi connectivity index (χ2n) is 7.95. The van der Waals surface area contributed by atoms with Gasteiger partial charge in [-0.05, 0) is 38.5 Å². The minimum atomic E-state index is -4.40. The van der Waals surface area contributed by atoms with Gasteiger partial charge < -0.3 is 9.47 Å². The number of pyridine rings is 2. The molecule has 33 heavy (non-hydrogen) atoms. The second-order valence-corrected chi connectivity index (χ2v) is 7.95. The third-order valence-electron chi connectivity index (χ3n) is 5.00. The lowest BCUT2D eigenvalue weighted by Crippen LogP contribution is -2.23. The third kappa shape index (κ3) is 4.62. The van der Waals surface area contributed by atoms with Crippen LogP contribution in [-0.4, -0.2) is 45.0 Å². The molecule has 11 heteroatoms. The van der Waals surface area contributed by atoms with E-state index >= 15 is 0 Å². The third-order valence-corrected chi connectivity index (χ3v) is 5.00. The Balaban J connectivity index is 1.65. The van der Waals surface area contributed by atoms with E-state index in [1.54, 1.807) is 25.3 Å². The molecule has 0 N–H and O–H groups in total. The molecule has 0 saturated heterocycles. The Bertz CT molecular complexity index is 1210. The van der Waals surface area contributed by atoms with Crippen LogP contribution in [-0.2, 0) is 13.1 Å². The van der Waals surface area contributed by atoms with Gasteiger partial charge in [0.1, 0.15) is 6.54 Å². The monoisotopic (exact) mass is 461 g/mol. The molecule has 0 bridgehead atoms. The number of hydrogen-bond acceptors (Lipinski definition) is 6. The van der Waals surface area contributed by atoms with Crippen LogP contribution < -0.4 is 14.4 Å². The summed E-state index contributed by atoms with van der Waals surface area (Å²) >= 11 is 0. The first kappa shape index (κ1) is 22.6. The van der Waals surface area contributed by atoms with Gasteiger partial charge in [0.15, 0.2) is 5.75 Å². The van der Waals surface area contributed by atoms with Crippen molar-refractivity contribution >= 4 is 11.6 Å². The van der Waals surface area contributed by atoms with E-state index in [1.165, 1.54) is 24.4 Å². The van der Waals surface area contributed by atoms with E-state index in [1.807, 2.05) is 13.8 Å². The second kappa shape index (κ2) is 8.38. The summed E-state index contributed by atoms with van der Waals surface area (Å²) in [6.07, 6.45) is -0.435. The Labute approximate surface area is 188 Å². The van der Waals surface area contributed by atoms with Gasteiger partial charge in [0, 0.05) is 18.0 Å². The summed E-state index contributed by atoms with van der Waals surface area (Å²) in [5.41, 5.74) is 3.22. The quantitative estimate of drug-likeness (QED) is 0.548. The molecule has 0 radical (unpaired) electrons. The van der Waals surface area contributed by atoms with Crippen molar-refractivity contribution in [1.82, 2.24) is 19.7 Å². The molecule has 0 fully saturated rings. The minimum Gasteiger partial charge on any atom is -0.485 e. The molecule has 0 saturated carbocycles. The predicted molar refractivity (Wildman–Crippen MR) is 113 cm³/mol. The van der Waals surface area contributed by atoms with Crippen molar-refractivity contribution in [2.24, 2.45) is 0 Å². The Morgan fingerprint density at radius 1 is 1.21 bits per heavy atom. The summed E-state index contributed by atoms with van der Waals surface area (Å²) in [5.74, 6) is 0.493. The average molecular weight is 461 g/mol. The summed E-state index contributed by atoms with van der Waals surface area (Å²) in [6, 6.07) is 3.55. The fourth-order valence-electron chi connectivity index (χ4n) is 3.68. The molecule has 3 aromatic heterocycles. The number of amides is 1. The molecule has 0 unspecified atom stereocenters. The standard InChI is InChI=1S/C22H22F3N5O3/c1-12(2)33-18-6-14(7-26-20(18)32-4)16-5-13(3)19-17(28-16)10-30(21(19)31)15-8-27-29(9-15)11-22(23,24)25/h5-9,12H,10-11H2,1-4H3. The van der Waals surface area contributed by atoms with Crippen LogP contribution in [0.3, 0.4) is 0 Å². The summed E-state index contributed by atoms with van der Waals surface area (Å²) in [7, 11) is 1.50. The van der Waals surface area contributed by atoms with Crippen molar-refractivity contribution in [1.29, 1.82) is 0 Å². The zero-order valence-electron chi connectivity index (χ0n) is 18.5. The van der Waals surface area contributed by atoms with Crippen molar-refractivity contribution in [3.8, 4) is 22.9 Å². The first-order valence-corrected chi connectivity index (χ1v) is 10.2. The number of alkyl halides is 3. The first-order valence-electron chi connectivity index (χ1n) is 10.2. The number of carbonyl (C=O) groups excluding carboxylic acids is 1. The molecule has 174 valence electrons. The topological polar surface area (TPSA) is 82.4 Å². The van der Waals surface area contributed by atoms with E-state index in [0.29, 0.717) is 39.7 Å². The number of carbonyl (C=O) groups is 1. The fourth-order valence-corrected chi connectivity index (χ4v) is 3.68. The molecule has 0 spiro atoms. The largest absolute Gasteiger partial charge is 0.485 e. The number of fused-ring (bicyclic) bond motifs is 1. The van der Waals surface area contributed by atoms with E-state index in [-0.39, 0.29) is 24.2 Å². The Morgan fingerprint density at radius 2 is 1.97 bits per heavy atom. The smallest absolute Gasteiger partial charge is 0.408 e. The highest BCUT2D eigenvalue weighted by atomic mass is 19.4. The molecule has 0 atom stereocenters. The molecule has 1 aliphatic rings. The van der Waals surface area contributed by atoms with Crippen molar-refractivity contribution in [2.45, 2.75) is 46.1 Å². The van der Waals surface area contributed by atoms with Crippen molar-refractivity contribution in [3.05, 3.63) is 47.5 Å². The number of aromatic nitrogens is 4. The molecule has 0 aromatic carbocycles. The van der Waals surface area contributed by atoms with E-state index in [2.05, 4.69) is 15.1 Å². The number of methoxy groups -OCH3 is 1. The van der Waals surface area contributed by atoms with Crippen LogP contribution in [0.1, 0.15) is 35.5 Å². The zero-order valence-corrected chi connectivity index (χ0v) is 18.5. The molecule has 0 aliphatic carbocycles. The molecule has 8 nitrogen and oxygen atoms in total. The summed E-state index contributed by atoms with van der Waals surface area (Å²) in [5, 5.41) is 3.73. The lowest BCUT2D eigenvalue weighted by Gasteiger charge is -2.14. The molecule has 4 rings (SSSR count). The highest BCUT2D eigenvalue weighted by Gasteiger charge is 2.34. The van der Waals surface area contributed by atoms with E-state index < -0.39 is 12.7 Å². The molecule has 4 heterocycles. The minimum absolute atomic E-state index is 0.0879. The number of hydrogen-bond donors (Lipinski definition) is 0. The van der Waals surface area contributed by atoms with Crippen LogP contribution in [0.2, 0.25) is 0 Å². The zero-order chi connectivity index (χ0) is 23.9. The van der Waals surface area contributed by atoms with Gasteiger partial charge in [-0.25, -0.2) is 4.98 Å². The number of halogens is 3. The van der Waals surface area contributed by atoms with Gasteiger partial charge in [0.05, 0.1) is 48.6 Å². The number of aryl methyl sites for hydroxylation is 1. The van der Waals surface area contributed by atoms with Crippen molar-refractivity contribution in [3.63, 3.8) is 0 Å². The Kier molecular flexibility index (Phi) is 5.73. The maximum atomic E-state index is 13.0. The van der Waals surface area contributed by atoms with Crippen LogP contribution in [0.4, 0.5) is 18.9 Å². The van der Waals surface area contributed by atoms with Crippen LogP contribution in [0.5, 0.6) is 11.6 Å². The van der Waals surface area contributed by atoms with Gasteiger partial charge in [-0.15, -0.1) is 0 Å².